The molecule has 1 aliphatic carbocycles. The van der Waals surface area contributed by atoms with Crippen molar-refractivity contribution in [1.82, 2.24) is 15.5 Å². The minimum absolute atomic E-state index is 0. The van der Waals surface area contributed by atoms with Crippen LogP contribution in [0.1, 0.15) is 49.7 Å². The van der Waals surface area contributed by atoms with Crippen LogP contribution in [0.4, 0.5) is 0 Å². The van der Waals surface area contributed by atoms with E-state index in [-0.39, 0.29) is 17.8 Å². The van der Waals surface area contributed by atoms with Gasteiger partial charge in [0.1, 0.15) is 0 Å². The summed E-state index contributed by atoms with van der Waals surface area (Å²) in [4.78, 5) is 4.65. The van der Waals surface area contributed by atoms with Gasteiger partial charge in [-0.15, -0.1) is 12.4 Å². The number of nitrogens with one attached hydrogen (secondary N) is 1. The monoisotopic (exact) mass is 287 g/mol. The third kappa shape index (κ3) is 3.09. The van der Waals surface area contributed by atoms with Crippen LogP contribution < -0.4 is 5.32 Å². The molecule has 1 saturated carbocycles. The van der Waals surface area contributed by atoms with Crippen LogP contribution in [-0.2, 0) is 10.2 Å². The first kappa shape index (κ1) is 14.8. The number of nitrogens with zero attached hydrogens (tertiary/aromatic N) is 2. The van der Waals surface area contributed by atoms with E-state index < -0.39 is 0 Å². The highest BCUT2D eigenvalue weighted by atomic mass is 35.5. The first-order chi connectivity index (χ1) is 8.84. The molecule has 0 aromatic carbocycles. The normalized spacial score (nSPS) is 27.0. The second kappa shape index (κ2) is 6.20. The van der Waals surface area contributed by atoms with Crippen LogP contribution in [0.15, 0.2) is 4.52 Å². The van der Waals surface area contributed by atoms with Crippen LogP contribution in [-0.4, -0.2) is 36.9 Å². The number of ether oxygens (including phenoxy) is 1. The van der Waals surface area contributed by atoms with E-state index in [4.69, 9.17) is 9.26 Å². The van der Waals surface area contributed by atoms with Gasteiger partial charge < -0.3 is 14.6 Å². The van der Waals surface area contributed by atoms with E-state index in [1.54, 1.807) is 7.11 Å². The van der Waals surface area contributed by atoms with Gasteiger partial charge in [0.05, 0.1) is 0 Å². The Morgan fingerprint density at radius 2 is 2.32 bits per heavy atom. The van der Waals surface area contributed by atoms with Crippen molar-refractivity contribution in [2.45, 2.75) is 43.4 Å². The Hall–Kier alpha value is -0.650. The van der Waals surface area contributed by atoms with Gasteiger partial charge in [-0.1, -0.05) is 5.16 Å². The predicted octanol–water partition coefficient (Wildman–Crippen LogP) is 2.03. The lowest BCUT2D eigenvalue weighted by atomic mass is 9.77. The summed E-state index contributed by atoms with van der Waals surface area (Å²) in [5, 5.41) is 7.70. The zero-order chi connectivity index (χ0) is 12.4. The average Bonchev–Trinajstić information content (AvgIpc) is 3.15. The number of aromatic nitrogens is 2. The summed E-state index contributed by atoms with van der Waals surface area (Å²) in [6.45, 7) is 2.76. The maximum atomic E-state index is 5.42. The lowest BCUT2D eigenvalue weighted by Crippen LogP contribution is -2.44. The molecule has 2 aliphatic rings. The van der Waals surface area contributed by atoms with Gasteiger partial charge in [-0.3, -0.25) is 0 Å². The van der Waals surface area contributed by atoms with Crippen molar-refractivity contribution in [3.63, 3.8) is 0 Å². The third-order valence-corrected chi connectivity index (χ3v) is 4.10. The van der Waals surface area contributed by atoms with Crippen molar-refractivity contribution >= 4 is 12.4 Å². The molecule has 1 unspecified atom stereocenters. The van der Waals surface area contributed by atoms with Gasteiger partial charge in [-0.05, 0) is 38.6 Å². The van der Waals surface area contributed by atoms with E-state index in [9.17, 15) is 0 Å². The minimum atomic E-state index is 0. The van der Waals surface area contributed by atoms with Crippen molar-refractivity contribution in [2.75, 3.05) is 26.8 Å². The molecule has 3 rings (SSSR count). The van der Waals surface area contributed by atoms with Crippen LogP contribution in [0.3, 0.4) is 0 Å². The van der Waals surface area contributed by atoms with Crippen LogP contribution in [0.25, 0.3) is 0 Å². The van der Waals surface area contributed by atoms with E-state index in [1.807, 2.05) is 0 Å². The molecule has 0 spiro atoms. The summed E-state index contributed by atoms with van der Waals surface area (Å²) < 4.78 is 10.7. The maximum absolute atomic E-state index is 5.42. The van der Waals surface area contributed by atoms with E-state index >= 15 is 0 Å². The van der Waals surface area contributed by atoms with Crippen LogP contribution >= 0.6 is 12.4 Å². The predicted molar refractivity (Wildman–Crippen MR) is 73.8 cm³/mol. The second-order valence-corrected chi connectivity index (χ2v) is 5.53. The van der Waals surface area contributed by atoms with Gasteiger partial charge in [0.15, 0.2) is 5.82 Å². The third-order valence-electron chi connectivity index (χ3n) is 4.10. The quantitative estimate of drug-likeness (QED) is 0.898. The van der Waals surface area contributed by atoms with E-state index in [0.717, 1.165) is 50.7 Å². The average molecular weight is 288 g/mol. The maximum Gasteiger partial charge on any atom is 0.229 e. The SMILES string of the molecule is COCCC1(c2noc(C3CC3)n2)CCCNC1.Cl. The molecule has 108 valence electrons. The van der Waals surface area contributed by atoms with Crippen LogP contribution in [0.2, 0.25) is 0 Å². The highest BCUT2D eigenvalue weighted by molar-refractivity contribution is 5.85. The molecule has 0 amide bonds. The fourth-order valence-corrected chi connectivity index (χ4v) is 2.73. The number of methoxy groups -OCH3 is 1. The molecule has 1 aliphatic heterocycles. The minimum Gasteiger partial charge on any atom is -0.385 e. The summed E-state index contributed by atoms with van der Waals surface area (Å²) in [6.07, 6.45) is 5.64. The van der Waals surface area contributed by atoms with E-state index in [1.165, 1.54) is 12.8 Å². The highest BCUT2D eigenvalue weighted by Crippen LogP contribution is 2.40. The standard InChI is InChI=1S/C13H21N3O2.ClH/c1-17-8-6-13(5-2-7-14-9-13)12-15-11(18-16-12)10-3-4-10;/h10,14H,2-9H2,1H3;1H. The van der Waals surface area contributed by atoms with E-state index in [0.29, 0.717) is 5.92 Å². The van der Waals surface area contributed by atoms with Crippen molar-refractivity contribution < 1.29 is 9.26 Å². The van der Waals surface area contributed by atoms with Crippen LogP contribution in [0, 0.1) is 0 Å². The second-order valence-electron chi connectivity index (χ2n) is 5.53. The summed E-state index contributed by atoms with van der Waals surface area (Å²) in [5.74, 6) is 2.25. The van der Waals surface area contributed by atoms with Crippen molar-refractivity contribution in [3.8, 4) is 0 Å². The Labute approximate surface area is 119 Å². The summed E-state index contributed by atoms with van der Waals surface area (Å²) in [6, 6.07) is 0. The Kier molecular flexibility index (Phi) is 4.81. The van der Waals surface area contributed by atoms with Crippen molar-refractivity contribution in [2.24, 2.45) is 0 Å². The first-order valence-electron chi connectivity index (χ1n) is 6.88. The van der Waals surface area contributed by atoms with Crippen molar-refractivity contribution in [3.05, 3.63) is 11.7 Å². The number of hydrogen-bond donors (Lipinski definition) is 1. The zero-order valence-electron chi connectivity index (χ0n) is 11.4. The highest BCUT2D eigenvalue weighted by Gasteiger charge is 2.39. The lowest BCUT2D eigenvalue weighted by molar-refractivity contribution is 0.148. The van der Waals surface area contributed by atoms with Gasteiger partial charge in [-0.25, -0.2) is 0 Å². The molecule has 2 heterocycles. The van der Waals surface area contributed by atoms with Gasteiger partial charge in [0.25, 0.3) is 0 Å². The van der Waals surface area contributed by atoms with Gasteiger partial charge in [0, 0.05) is 31.6 Å². The number of piperidine rings is 1. The lowest BCUT2D eigenvalue weighted by Gasteiger charge is -2.34. The Bertz CT molecular complexity index is 400. The molecular formula is C13H22ClN3O2. The topological polar surface area (TPSA) is 60.2 Å². The smallest absolute Gasteiger partial charge is 0.229 e. The molecule has 1 aromatic heterocycles. The molecule has 1 saturated heterocycles. The molecule has 6 heteroatoms. The molecule has 1 aromatic rings. The summed E-state index contributed by atoms with van der Waals surface area (Å²) in [7, 11) is 1.75. The summed E-state index contributed by atoms with van der Waals surface area (Å²) in [5.41, 5.74) is 0.00486. The largest absolute Gasteiger partial charge is 0.385 e. The number of rotatable bonds is 5. The molecule has 1 atom stereocenters. The Balaban J connectivity index is 0.00000133. The number of hydrogen-bond acceptors (Lipinski definition) is 5. The molecular weight excluding hydrogens is 266 g/mol. The molecule has 19 heavy (non-hydrogen) atoms. The Morgan fingerprint density at radius 3 is 2.95 bits per heavy atom. The first-order valence-corrected chi connectivity index (χ1v) is 6.88. The Morgan fingerprint density at radius 1 is 1.47 bits per heavy atom. The van der Waals surface area contributed by atoms with E-state index in [2.05, 4.69) is 15.5 Å². The molecule has 0 radical (unpaired) electrons. The zero-order valence-corrected chi connectivity index (χ0v) is 12.2. The van der Waals surface area contributed by atoms with Gasteiger partial charge in [0.2, 0.25) is 5.89 Å². The molecule has 1 N–H and O–H groups in total. The fraction of sp³-hybridized carbons (Fsp3) is 0.846. The fourth-order valence-electron chi connectivity index (χ4n) is 2.73. The molecule has 5 nitrogen and oxygen atoms in total. The molecule has 0 bridgehead atoms. The van der Waals surface area contributed by atoms with Crippen molar-refractivity contribution in [1.29, 1.82) is 0 Å². The van der Waals surface area contributed by atoms with Gasteiger partial charge in [-0.2, -0.15) is 4.98 Å². The van der Waals surface area contributed by atoms with Crippen LogP contribution in [0.5, 0.6) is 0 Å². The number of halogens is 1. The summed E-state index contributed by atoms with van der Waals surface area (Å²) >= 11 is 0. The van der Waals surface area contributed by atoms with Gasteiger partial charge >= 0.3 is 0 Å². The molecule has 2 fully saturated rings.